The van der Waals surface area contributed by atoms with Gasteiger partial charge in [0, 0.05) is 25.8 Å². The van der Waals surface area contributed by atoms with Crippen LogP contribution in [0.3, 0.4) is 0 Å². The van der Waals surface area contributed by atoms with Gasteiger partial charge in [-0.3, -0.25) is 9.59 Å². The fourth-order valence-electron chi connectivity index (χ4n) is 5.43. The van der Waals surface area contributed by atoms with Gasteiger partial charge in [0.05, 0.1) is 18.1 Å². The van der Waals surface area contributed by atoms with E-state index in [4.69, 9.17) is 4.74 Å². The Labute approximate surface area is 188 Å². The summed E-state index contributed by atoms with van der Waals surface area (Å²) >= 11 is 0. The Balaban J connectivity index is 1.63. The van der Waals surface area contributed by atoms with Gasteiger partial charge in [-0.25, -0.2) is 4.39 Å². The summed E-state index contributed by atoms with van der Waals surface area (Å²) in [7, 11) is 1.63. The van der Waals surface area contributed by atoms with Crippen molar-refractivity contribution in [3.05, 3.63) is 71.0 Å². The Kier molecular flexibility index (Phi) is 6.89. The van der Waals surface area contributed by atoms with Gasteiger partial charge in [0.15, 0.2) is 0 Å². The second-order valence-electron chi connectivity index (χ2n) is 8.80. The summed E-state index contributed by atoms with van der Waals surface area (Å²) in [4.78, 5) is 29.1. The number of fused-ring (bicyclic) bond motifs is 1. The predicted octanol–water partition coefficient (Wildman–Crippen LogP) is 4.07. The number of amides is 2. The Morgan fingerprint density at radius 2 is 1.84 bits per heavy atom. The summed E-state index contributed by atoms with van der Waals surface area (Å²) in [6.07, 6.45) is 5.37. The maximum Gasteiger partial charge on any atom is 0.254 e. The smallest absolute Gasteiger partial charge is 0.254 e. The number of hydrogen-bond acceptors (Lipinski definition) is 3. The van der Waals surface area contributed by atoms with E-state index in [0.717, 1.165) is 43.2 Å². The highest BCUT2D eigenvalue weighted by Crippen LogP contribution is 2.49. The number of methoxy groups -OCH3 is 1. The molecule has 1 heterocycles. The molecule has 0 unspecified atom stereocenters. The summed E-state index contributed by atoms with van der Waals surface area (Å²) in [6.45, 7) is 1.38. The van der Waals surface area contributed by atoms with E-state index in [0.29, 0.717) is 31.7 Å². The van der Waals surface area contributed by atoms with Gasteiger partial charge in [-0.05, 0) is 48.6 Å². The summed E-state index contributed by atoms with van der Waals surface area (Å²) in [5.74, 6) is -0.732. The lowest BCUT2D eigenvalue weighted by atomic mass is 9.65. The number of carbonyl (C=O) groups excluding carboxylic acids is 2. The van der Waals surface area contributed by atoms with Crippen molar-refractivity contribution < 1.29 is 18.7 Å². The molecule has 2 aromatic rings. The maximum atomic E-state index is 13.7. The first-order chi connectivity index (χ1) is 15.6. The minimum Gasteiger partial charge on any atom is -0.383 e. The van der Waals surface area contributed by atoms with Crippen LogP contribution in [0.5, 0.6) is 0 Å². The normalized spacial score (nSPS) is 19.6. The number of rotatable bonds is 7. The Bertz CT molecular complexity index is 954. The Morgan fingerprint density at radius 1 is 1.12 bits per heavy atom. The molecule has 1 atom stereocenters. The molecule has 1 aliphatic heterocycles. The van der Waals surface area contributed by atoms with E-state index < -0.39 is 11.5 Å². The van der Waals surface area contributed by atoms with Gasteiger partial charge in [0.25, 0.3) is 5.91 Å². The molecule has 4 rings (SSSR count). The van der Waals surface area contributed by atoms with Crippen LogP contribution in [0.15, 0.2) is 48.5 Å². The summed E-state index contributed by atoms with van der Waals surface area (Å²) in [6, 6.07) is 13.9. The van der Waals surface area contributed by atoms with Crippen molar-refractivity contribution >= 4 is 11.8 Å². The minimum absolute atomic E-state index is 0.00471. The molecular formula is C26H31FN2O3. The zero-order valence-corrected chi connectivity index (χ0v) is 18.6. The van der Waals surface area contributed by atoms with E-state index in [9.17, 15) is 14.0 Å². The number of halogens is 1. The van der Waals surface area contributed by atoms with Gasteiger partial charge in [0.1, 0.15) is 5.82 Å². The highest BCUT2D eigenvalue weighted by atomic mass is 19.1. The first-order valence-electron chi connectivity index (χ1n) is 11.5. The number of benzene rings is 2. The van der Waals surface area contributed by atoms with Crippen LogP contribution in [0.1, 0.15) is 59.5 Å². The van der Waals surface area contributed by atoms with Crippen LogP contribution in [0.4, 0.5) is 4.39 Å². The van der Waals surface area contributed by atoms with Crippen molar-refractivity contribution in [1.82, 2.24) is 10.2 Å². The van der Waals surface area contributed by atoms with Crippen molar-refractivity contribution in [3.8, 4) is 0 Å². The van der Waals surface area contributed by atoms with Crippen molar-refractivity contribution in [3.63, 3.8) is 0 Å². The molecule has 32 heavy (non-hydrogen) atoms. The van der Waals surface area contributed by atoms with Crippen LogP contribution in [0, 0.1) is 5.82 Å². The van der Waals surface area contributed by atoms with E-state index in [1.807, 2.05) is 29.2 Å². The van der Waals surface area contributed by atoms with Gasteiger partial charge in [-0.15, -0.1) is 0 Å². The average Bonchev–Trinajstić information content (AvgIpc) is 2.81. The van der Waals surface area contributed by atoms with E-state index in [1.54, 1.807) is 19.2 Å². The summed E-state index contributed by atoms with van der Waals surface area (Å²) < 4.78 is 18.5. The third-order valence-electron chi connectivity index (χ3n) is 6.95. The first-order valence-corrected chi connectivity index (χ1v) is 11.5. The second kappa shape index (κ2) is 9.82. The molecule has 5 nitrogen and oxygen atoms in total. The number of hydrogen-bond donors (Lipinski definition) is 1. The summed E-state index contributed by atoms with van der Waals surface area (Å²) in [5, 5.41) is 3.12. The lowest BCUT2D eigenvalue weighted by molar-refractivity contribution is -0.127. The fraction of sp³-hybridized carbons (Fsp3) is 0.462. The number of nitrogens with one attached hydrogen (secondary N) is 1. The van der Waals surface area contributed by atoms with E-state index in [-0.39, 0.29) is 17.6 Å². The van der Waals surface area contributed by atoms with Crippen LogP contribution in [0.25, 0.3) is 0 Å². The molecule has 170 valence electrons. The number of nitrogens with zero attached hydrogens (tertiary/aromatic N) is 1. The van der Waals surface area contributed by atoms with Crippen molar-refractivity contribution in [1.29, 1.82) is 0 Å². The zero-order chi connectivity index (χ0) is 22.6. The molecule has 2 aromatic carbocycles. The number of ether oxygens (including phenoxy) is 1. The highest BCUT2D eigenvalue weighted by molar-refractivity contribution is 6.02. The lowest BCUT2D eigenvalue weighted by Crippen LogP contribution is -2.63. The molecule has 1 N–H and O–H groups in total. The van der Waals surface area contributed by atoms with Crippen molar-refractivity contribution in [2.24, 2.45) is 0 Å². The van der Waals surface area contributed by atoms with Gasteiger partial charge in [0.2, 0.25) is 5.91 Å². The van der Waals surface area contributed by atoms with E-state index in [2.05, 4.69) is 5.32 Å². The molecule has 0 saturated heterocycles. The highest BCUT2D eigenvalue weighted by Gasteiger charge is 2.54. The quantitative estimate of drug-likeness (QED) is 0.709. The predicted molar refractivity (Wildman–Crippen MR) is 121 cm³/mol. The fourth-order valence-corrected chi connectivity index (χ4v) is 5.43. The average molecular weight is 439 g/mol. The largest absolute Gasteiger partial charge is 0.383 e. The van der Waals surface area contributed by atoms with E-state index >= 15 is 0 Å². The van der Waals surface area contributed by atoms with Crippen molar-refractivity contribution in [2.75, 3.05) is 26.8 Å². The molecule has 1 saturated carbocycles. The van der Waals surface area contributed by atoms with Crippen LogP contribution in [0.2, 0.25) is 0 Å². The second-order valence-corrected chi connectivity index (χ2v) is 8.80. The van der Waals surface area contributed by atoms with Gasteiger partial charge in [-0.1, -0.05) is 49.6 Å². The molecule has 2 aliphatic rings. The zero-order valence-electron chi connectivity index (χ0n) is 18.6. The van der Waals surface area contributed by atoms with Gasteiger partial charge < -0.3 is 15.0 Å². The first kappa shape index (κ1) is 22.5. The van der Waals surface area contributed by atoms with E-state index in [1.165, 1.54) is 12.1 Å². The van der Waals surface area contributed by atoms with Crippen LogP contribution in [-0.4, -0.2) is 49.1 Å². The van der Waals surface area contributed by atoms with Crippen LogP contribution >= 0.6 is 0 Å². The lowest BCUT2D eigenvalue weighted by Gasteiger charge is -2.53. The molecule has 1 aliphatic carbocycles. The van der Waals surface area contributed by atoms with Crippen LogP contribution < -0.4 is 5.32 Å². The van der Waals surface area contributed by atoms with Crippen LogP contribution in [-0.2, 0) is 16.0 Å². The Morgan fingerprint density at radius 3 is 2.56 bits per heavy atom. The third-order valence-corrected chi connectivity index (χ3v) is 6.95. The molecule has 1 spiro atoms. The SMILES string of the molecule is COCCN1C(=O)c2ccccc2[C@@H](C(=O)NCCc2ccc(F)cc2)C12CCCCC2. The molecule has 2 amide bonds. The maximum absolute atomic E-state index is 13.7. The van der Waals surface area contributed by atoms with Gasteiger partial charge in [-0.2, -0.15) is 0 Å². The minimum atomic E-state index is -0.526. The molecular weight excluding hydrogens is 407 g/mol. The number of carbonyl (C=O) groups is 2. The monoisotopic (exact) mass is 438 g/mol. The molecule has 6 heteroatoms. The molecule has 1 fully saturated rings. The topological polar surface area (TPSA) is 58.6 Å². The van der Waals surface area contributed by atoms with Gasteiger partial charge >= 0.3 is 0 Å². The molecule has 0 radical (unpaired) electrons. The van der Waals surface area contributed by atoms with Crippen molar-refractivity contribution in [2.45, 2.75) is 50.0 Å². The standard InChI is InChI=1S/C26H31FN2O3/c1-32-18-17-29-25(31)22-8-4-3-7-21(22)23(26(29)14-5-2-6-15-26)24(30)28-16-13-19-9-11-20(27)12-10-19/h3-4,7-12,23H,2,5-6,13-18H2,1H3,(H,28,30)/t23-/m0/s1. The summed E-state index contributed by atoms with van der Waals surface area (Å²) in [5.41, 5.74) is 1.88. The third kappa shape index (κ3) is 4.29. The molecule has 0 bridgehead atoms. The molecule has 0 aromatic heterocycles. The Hall–Kier alpha value is -2.73.